The van der Waals surface area contributed by atoms with Crippen LogP contribution in [0.3, 0.4) is 0 Å². The Morgan fingerprint density at radius 1 is 1.18 bits per heavy atom. The zero-order valence-electron chi connectivity index (χ0n) is 10.2. The molecule has 1 heterocycles. The van der Waals surface area contributed by atoms with Crippen LogP contribution < -0.4 is 5.73 Å². The van der Waals surface area contributed by atoms with Gasteiger partial charge in [0.15, 0.2) is 0 Å². The lowest BCUT2D eigenvalue weighted by molar-refractivity contribution is 0.702. The number of nitrogens with zero attached hydrogens (tertiary/aromatic N) is 2. The molecule has 0 aliphatic carbocycles. The molecule has 3 heteroatoms. The summed E-state index contributed by atoms with van der Waals surface area (Å²) in [6.07, 6.45) is 4.45. The summed E-state index contributed by atoms with van der Waals surface area (Å²) in [6.45, 7) is 4.05. The molecular weight excluding hydrogens is 210 g/mol. The van der Waals surface area contributed by atoms with E-state index in [1.54, 1.807) is 0 Å². The molecule has 0 saturated carbocycles. The topological polar surface area (TPSA) is 51.8 Å². The van der Waals surface area contributed by atoms with Crippen LogP contribution >= 0.6 is 0 Å². The fourth-order valence-electron chi connectivity index (χ4n) is 1.78. The van der Waals surface area contributed by atoms with E-state index < -0.39 is 0 Å². The van der Waals surface area contributed by atoms with Crippen molar-refractivity contribution in [3.8, 4) is 11.1 Å². The number of aromatic nitrogens is 2. The van der Waals surface area contributed by atoms with Crippen LogP contribution in [0.2, 0.25) is 0 Å². The number of rotatable bonds is 3. The third-order valence-corrected chi connectivity index (χ3v) is 2.67. The Balaban J connectivity index is 2.27. The van der Waals surface area contributed by atoms with Crippen LogP contribution in [0.5, 0.6) is 0 Å². The number of aryl methyl sites for hydroxylation is 1. The maximum atomic E-state index is 5.72. The Hall–Kier alpha value is -1.74. The molecule has 0 aliphatic heterocycles. The van der Waals surface area contributed by atoms with E-state index in [1.165, 1.54) is 11.1 Å². The van der Waals surface area contributed by atoms with E-state index in [2.05, 4.69) is 29.0 Å². The minimum Gasteiger partial charge on any atom is -0.328 e. The van der Waals surface area contributed by atoms with Gasteiger partial charge in [0.05, 0.1) is 0 Å². The van der Waals surface area contributed by atoms with Gasteiger partial charge < -0.3 is 5.73 Å². The van der Waals surface area contributed by atoms with Gasteiger partial charge >= 0.3 is 0 Å². The molecule has 17 heavy (non-hydrogen) atoms. The van der Waals surface area contributed by atoms with Crippen LogP contribution in [0.15, 0.2) is 36.7 Å². The van der Waals surface area contributed by atoms with E-state index in [0.29, 0.717) is 6.42 Å². The normalized spacial score (nSPS) is 12.4. The molecule has 0 radical (unpaired) electrons. The van der Waals surface area contributed by atoms with Gasteiger partial charge in [-0.2, -0.15) is 0 Å². The van der Waals surface area contributed by atoms with Gasteiger partial charge in [0, 0.05) is 30.4 Å². The zero-order chi connectivity index (χ0) is 12.3. The summed E-state index contributed by atoms with van der Waals surface area (Å²) in [7, 11) is 0. The largest absolute Gasteiger partial charge is 0.328 e. The molecule has 88 valence electrons. The molecule has 0 bridgehead atoms. The second kappa shape index (κ2) is 5.06. The van der Waals surface area contributed by atoms with E-state index >= 15 is 0 Å². The van der Waals surface area contributed by atoms with E-state index in [-0.39, 0.29) is 6.04 Å². The average Bonchev–Trinajstić information content (AvgIpc) is 2.30. The van der Waals surface area contributed by atoms with Crippen LogP contribution in [0.4, 0.5) is 0 Å². The average molecular weight is 227 g/mol. The number of nitrogens with two attached hydrogens (primary N) is 1. The van der Waals surface area contributed by atoms with Crippen molar-refractivity contribution in [1.82, 2.24) is 9.97 Å². The first-order chi connectivity index (χ1) is 8.16. The summed E-state index contributed by atoms with van der Waals surface area (Å²) < 4.78 is 0. The SMILES string of the molecule is Cc1ccccc1-c1cnc(CC(C)N)nc1. The number of hydrogen-bond donors (Lipinski definition) is 1. The second-order valence-electron chi connectivity index (χ2n) is 4.38. The molecule has 3 nitrogen and oxygen atoms in total. The van der Waals surface area contributed by atoms with E-state index in [9.17, 15) is 0 Å². The first-order valence-electron chi connectivity index (χ1n) is 5.79. The summed E-state index contributed by atoms with van der Waals surface area (Å²) in [4.78, 5) is 8.69. The highest BCUT2D eigenvalue weighted by Gasteiger charge is 2.04. The third kappa shape index (κ3) is 2.88. The lowest BCUT2D eigenvalue weighted by atomic mass is 10.0. The minimum atomic E-state index is 0.0966. The smallest absolute Gasteiger partial charge is 0.129 e. The summed E-state index contributed by atoms with van der Waals surface area (Å²) in [5.74, 6) is 0.803. The number of hydrogen-bond acceptors (Lipinski definition) is 3. The highest BCUT2D eigenvalue weighted by atomic mass is 14.9. The third-order valence-electron chi connectivity index (χ3n) is 2.67. The summed E-state index contributed by atoms with van der Waals surface area (Å²) in [5, 5.41) is 0. The molecule has 1 aromatic carbocycles. The molecule has 0 amide bonds. The van der Waals surface area contributed by atoms with Crippen molar-refractivity contribution in [1.29, 1.82) is 0 Å². The molecule has 0 fully saturated rings. The fraction of sp³-hybridized carbons (Fsp3) is 0.286. The van der Waals surface area contributed by atoms with Crippen LogP contribution in [0.25, 0.3) is 11.1 Å². The van der Waals surface area contributed by atoms with Gasteiger partial charge in [-0.3, -0.25) is 0 Å². The molecule has 0 spiro atoms. The maximum Gasteiger partial charge on any atom is 0.129 e. The Morgan fingerprint density at radius 3 is 2.41 bits per heavy atom. The fourth-order valence-corrected chi connectivity index (χ4v) is 1.78. The predicted molar refractivity (Wildman–Crippen MR) is 69.6 cm³/mol. The minimum absolute atomic E-state index is 0.0966. The molecule has 0 saturated heterocycles. The van der Waals surface area contributed by atoms with Gasteiger partial charge in [0.2, 0.25) is 0 Å². The van der Waals surface area contributed by atoms with E-state index in [4.69, 9.17) is 5.73 Å². The van der Waals surface area contributed by atoms with Crippen molar-refractivity contribution in [2.45, 2.75) is 26.3 Å². The van der Waals surface area contributed by atoms with Crippen molar-refractivity contribution in [3.05, 3.63) is 48.0 Å². The highest BCUT2D eigenvalue weighted by Crippen LogP contribution is 2.21. The number of benzene rings is 1. The van der Waals surface area contributed by atoms with Crippen molar-refractivity contribution in [2.24, 2.45) is 5.73 Å². The molecule has 0 aliphatic rings. The van der Waals surface area contributed by atoms with E-state index in [1.807, 2.05) is 31.5 Å². The Bertz CT molecular complexity index is 489. The standard InChI is InChI=1S/C14H17N3/c1-10-5-3-4-6-13(10)12-8-16-14(17-9-12)7-11(2)15/h3-6,8-9,11H,7,15H2,1-2H3. The zero-order valence-corrected chi connectivity index (χ0v) is 10.2. The lowest BCUT2D eigenvalue weighted by Crippen LogP contribution is -2.19. The Labute approximate surface area is 102 Å². The summed E-state index contributed by atoms with van der Waals surface area (Å²) >= 11 is 0. The first-order valence-corrected chi connectivity index (χ1v) is 5.79. The van der Waals surface area contributed by atoms with Gasteiger partial charge in [-0.25, -0.2) is 9.97 Å². The quantitative estimate of drug-likeness (QED) is 0.875. The first kappa shape index (κ1) is 11.7. The molecule has 1 aromatic heterocycles. The monoisotopic (exact) mass is 227 g/mol. The van der Waals surface area contributed by atoms with Gasteiger partial charge in [0.1, 0.15) is 5.82 Å². The molecule has 2 rings (SSSR count). The predicted octanol–water partition coefficient (Wildman–Crippen LogP) is 2.34. The molecule has 2 aromatic rings. The van der Waals surface area contributed by atoms with Crippen LogP contribution in [-0.4, -0.2) is 16.0 Å². The van der Waals surface area contributed by atoms with Crippen molar-refractivity contribution >= 4 is 0 Å². The maximum absolute atomic E-state index is 5.72. The van der Waals surface area contributed by atoms with Gasteiger partial charge in [-0.05, 0) is 25.0 Å². The van der Waals surface area contributed by atoms with Gasteiger partial charge in [-0.1, -0.05) is 24.3 Å². The van der Waals surface area contributed by atoms with Crippen molar-refractivity contribution in [3.63, 3.8) is 0 Å². The lowest BCUT2D eigenvalue weighted by Gasteiger charge is -2.07. The summed E-state index contributed by atoms with van der Waals surface area (Å²) in [6, 6.07) is 8.33. The molecular formula is C14H17N3. The Kier molecular flexibility index (Phi) is 3.49. The molecule has 1 unspecified atom stereocenters. The summed E-state index contributed by atoms with van der Waals surface area (Å²) in [5.41, 5.74) is 9.18. The Morgan fingerprint density at radius 2 is 1.82 bits per heavy atom. The highest BCUT2D eigenvalue weighted by molar-refractivity contribution is 5.65. The van der Waals surface area contributed by atoms with Crippen molar-refractivity contribution < 1.29 is 0 Å². The molecule has 1 atom stereocenters. The van der Waals surface area contributed by atoms with Crippen LogP contribution in [-0.2, 0) is 6.42 Å². The second-order valence-corrected chi connectivity index (χ2v) is 4.38. The van der Waals surface area contributed by atoms with Crippen LogP contribution in [0, 0.1) is 6.92 Å². The van der Waals surface area contributed by atoms with Crippen molar-refractivity contribution in [2.75, 3.05) is 0 Å². The van der Waals surface area contributed by atoms with Gasteiger partial charge in [0.25, 0.3) is 0 Å². The van der Waals surface area contributed by atoms with E-state index in [0.717, 1.165) is 11.4 Å². The van der Waals surface area contributed by atoms with Crippen LogP contribution in [0.1, 0.15) is 18.3 Å². The van der Waals surface area contributed by atoms with Gasteiger partial charge in [-0.15, -0.1) is 0 Å². The molecule has 2 N–H and O–H groups in total.